The normalized spacial score (nSPS) is 10.4. The predicted molar refractivity (Wildman–Crippen MR) is 112 cm³/mol. The molecule has 1 aromatic heterocycles. The second-order valence-electron chi connectivity index (χ2n) is 5.61. The highest BCUT2D eigenvalue weighted by atomic mass is 35.5. The van der Waals surface area contributed by atoms with Crippen LogP contribution in [0.2, 0.25) is 20.2 Å². The SMILES string of the molecule is Cc1c(Cl)cccc1NC(=O)CNC(=O)COC(=O)c1nc(Cl)c(Cl)c(N)c1Cl. The number of carbonyl (C=O) groups excluding carboxylic acids is 3. The Labute approximate surface area is 185 Å². The number of nitrogens with two attached hydrogens (primary N) is 1. The average Bonchev–Trinajstić information content (AvgIpc) is 2.69. The molecule has 8 nitrogen and oxygen atoms in total. The number of rotatable bonds is 6. The molecule has 0 bridgehead atoms. The van der Waals surface area contributed by atoms with E-state index >= 15 is 0 Å². The molecular weight excluding hydrogens is 466 g/mol. The number of nitrogens with one attached hydrogen (secondary N) is 2. The monoisotopic (exact) mass is 478 g/mol. The number of halogens is 4. The maximum atomic E-state index is 12.0. The van der Waals surface area contributed by atoms with E-state index in [1.165, 1.54) is 0 Å². The van der Waals surface area contributed by atoms with E-state index in [4.69, 9.17) is 56.9 Å². The van der Waals surface area contributed by atoms with Crippen molar-refractivity contribution in [3.8, 4) is 0 Å². The minimum absolute atomic E-state index is 0.105. The van der Waals surface area contributed by atoms with Gasteiger partial charge in [0.1, 0.15) is 5.02 Å². The number of carbonyl (C=O) groups is 3. The standard InChI is InChI=1S/C17H14Cl4N4O4/c1-7-8(18)3-2-4-9(7)24-10(26)5-23-11(27)6-29-17(28)15-12(19)14(22)13(20)16(21)25-15/h2-4H,5-6H2,1H3,(H2,22,25)(H,23,27)(H,24,26). The Morgan fingerprint density at radius 3 is 2.48 bits per heavy atom. The summed E-state index contributed by atoms with van der Waals surface area (Å²) in [5.74, 6) is -2.24. The molecule has 4 N–H and O–H groups in total. The van der Waals surface area contributed by atoms with Crippen LogP contribution >= 0.6 is 46.4 Å². The molecule has 0 atom stereocenters. The van der Waals surface area contributed by atoms with Crippen LogP contribution in [0.25, 0.3) is 0 Å². The molecule has 1 heterocycles. The van der Waals surface area contributed by atoms with Gasteiger partial charge in [-0.3, -0.25) is 9.59 Å². The van der Waals surface area contributed by atoms with Crippen LogP contribution in [0.3, 0.4) is 0 Å². The number of aromatic nitrogens is 1. The van der Waals surface area contributed by atoms with Gasteiger partial charge < -0.3 is 21.1 Å². The highest BCUT2D eigenvalue weighted by Gasteiger charge is 2.21. The highest BCUT2D eigenvalue weighted by Crippen LogP contribution is 2.34. The number of hydrogen-bond acceptors (Lipinski definition) is 6. The lowest BCUT2D eigenvalue weighted by Crippen LogP contribution is -2.35. The number of esters is 1. The van der Waals surface area contributed by atoms with Crippen LogP contribution in [-0.4, -0.2) is 35.9 Å². The summed E-state index contributed by atoms with van der Waals surface area (Å²) in [5, 5.41) is 4.81. The Balaban J connectivity index is 1.86. The third-order valence-corrected chi connectivity index (χ3v) is 5.13. The van der Waals surface area contributed by atoms with E-state index in [1.54, 1.807) is 25.1 Å². The number of nitrogen functional groups attached to an aromatic ring is 1. The largest absolute Gasteiger partial charge is 0.451 e. The van der Waals surface area contributed by atoms with Crippen LogP contribution in [-0.2, 0) is 14.3 Å². The Hall–Kier alpha value is -2.26. The van der Waals surface area contributed by atoms with Crippen LogP contribution < -0.4 is 16.4 Å². The average molecular weight is 480 g/mol. The zero-order valence-electron chi connectivity index (χ0n) is 14.8. The van der Waals surface area contributed by atoms with Crippen molar-refractivity contribution in [2.75, 3.05) is 24.2 Å². The quantitative estimate of drug-likeness (QED) is 0.430. The summed E-state index contributed by atoms with van der Waals surface area (Å²) in [7, 11) is 0. The summed E-state index contributed by atoms with van der Waals surface area (Å²) >= 11 is 23.4. The molecule has 0 saturated carbocycles. The lowest BCUT2D eigenvalue weighted by atomic mass is 10.2. The third kappa shape index (κ3) is 5.86. The predicted octanol–water partition coefficient (Wildman–Crippen LogP) is 3.50. The molecule has 2 aromatic rings. The molecule has 0 aliphatic heterocycles. The number of ether oxygens (including phenoxy) is 1. The second-order valence-corrected chi connectivity index (χ2v) is 7.13. The Bertz CT molecular complexity index is 984. The molecule has 2 amide bonds. The number of pyridine rings is 1. The summed E-state index contributed by atoms with van der Waals surface area (Å²) in [6, 6.07) is 5.03. The molecular formula is C17H14Cl4N4O4. The van der Waals surface area contributed by atoms with Crippen molar-refractivity contribution in [2.45, 2.75) is 6.92 Å². The van der Waals surface area contributed by atoms with E-state index in [2.05, 4.69) is 15.6 Å². The zero-order chi connectivity index (χ0) is 21.7. The maximum Gasteiger partial charge on any atom is 0.359 e. The number of benzene rings is 1. The minimum Gasteiger partial charge on any atom is -0.451 e. The van der Waals surface area contributed by atoms with Gasteiger partial charge in [0.05, 0.1) is 17.3 Å². The minimum atomic E-state index is -1.03. The smallest absolute Gasteiger partial charge is 0.359 e. The fourth-order valence-corrected chi connectivity index (χ4v) is 2.79. The topological polar surface area (TPSA) is 123 Å². The van der Waals surface area contributed by atoms with Gasteiger partial charge in [-0.2, -0.15) is 0 Å². The molecule has 0 radical (unpaired) electrons. The number of amides is 2. The molecule has 0 saturated heterocycles. The molecule has 29 heavy (non-hydrogen) atoms. The van der Waals surface area contributed by atoms with Gasteiger partial charge in [-0.15, -0.1) is 0 Å². The summed E-state index contributed by atoms with van der Waals surface area (Å²) in [4.78, 5) is 39.5. The van der Waals surface area contributed by atoms with E-state index in [0.717, 1.165) is 0 Å². The van der Waals surface area contributed by atoms with Crippen LogP contribution in [0, 0.1) is 6.92 Å². The van der Waals surface area contributed by atoms with Gasteiger partial charge >= 0.3 is 5.97 Å². The first-order valence-corrected chi connectivity index (χ1v) is 9.41. The summed E-state index contributed by atoms with van der Waals surface area (Å²) in [6.07, 6.45) is 0. The second kappa shape index (κ2) is 9.98. The van der Waals surface area contributed by atoms with Crippen molar-refractivity contribution in [1.82, 2.24) is 10.3 Å². The van der Waals surface area contributed by atoms with Crippen LogP contribution in [0.4, 0.5) is 11.4 Å². The summed E-state index contributed by atoms with van der Waals surface area (Å²) in [6.45, 7) is 0.715. The van der Waals surface area contributed by atoms with Gasteiger partial charge in [-0.1, -0.05) is 52.5 Å². The molecule has 0 spiro atoms. The number of anilines is 2. The molecule has 0 unspecified atom stereocenters. The molecule has 154 valence electrons. The van der Waals surface area contributed by atoms with Crippen LogP contribution in [0.5, 0.6) is 0 Å². The van der Waals surface area contributed by atoms with Crippen LogP contribution in [0.15, 0.2) is 18.2 Å². The molecule has 0 fully saturated rings. The van der Waals surface area contributed by atoms with E-state index < -0.39 is 24.4 Å². The van der Waals surface area contributed by atoms with Crippen molar-refractivity contribution < 1.29 is 19.1 Å². The van der Waals surface area contributed by atoms with Crippen molar-refractivity contribution in [3.63, 3.8) is 0 Å². The lowest BCUT2D eigenvalue weighted by Gasteiger charge is -2.11. The third-order valence-electron chi connectivity index (χ3n) is 3.59. The highest BCUT2D eigenvalue weighted by molar-refractivity contribution is 6.46. The van der Waals surface area contributed by atoms with E-state index in [0.29, 0.717) is 16.3 Å². The van der Waals surface area contributed by atoms with E-state index in [-0.39, 0.29) is 33.1 Å². The first-order valence-electron chi connectivity index (χ1n) is 7.90. The van der Waals surface area contributed by atoms with E-state index in [1.807, 2.05) is 0 Å². The van der Waals surface area contributed by atoms with Crippen molar-refractivity contribution in [1.29, 1.82) is 0 Å². The van der Waals surface area contributed by atoms with Gasteiger partial charge in [-0.25, -0.2) is 9.78 Å². The van der Waals surface area contributed by atoms with Gasteiger partial charge in [0.2, 0.25) is 5.91 Å². The number of nitrogens with zero attached hydrogens (tertiary/aromatic N) is 1. The van der Waals surface area contributed by atoms with Gasteiger partial charge in [-0.05, 0) is 24.6 Å². The van der Waals surface area contributed by atoms with Crippen molar-refractivity contribution in [2.24, 2.45) is 0 Å². The first-order chi connectivity index (χ1) is 13.6. The van der Waals surface area contributed by atoms with Gasteiger partial charge in [0.25, 0.3) is 5.91 Å². The fourth-order valence-electron chi connectivity index (χ4n) is 2.03. The molecule has 0 aliphatic carbocycles. The van der Waals surface area contributed by atoms with Gasteiger partial charge in [0.15, 0.2) is 17.5 Å². The molecule has 1 aromatic carbocycles. The van der Waals surface area contributed by atoms with Crippen molar-refractivity contribution in [3.05, 3.63) is 49.7 Å². The zero-order valence-corrected chi connectivity index (χ0v) is 17.8. The van der Waals surface area contributed by atoms with Gasteiger partial charge in [0, 0.05) is 10.7 Å². The Morgan fingerprint density at radius 2 is 1.79 bits per heavy atom. The first kappa shape index (κ1) is 23.0. The maximum absolute atomic E-state index is 12.0. The van der Waals surface area contributed by atoms with Crippen LogP contribution in [0.1, 0.15) is 16.1 Å². The summed E-state index contributed by atoms with van der Waals surface area (Å²) < 4.78 is 4.80. The molecule has 12 heteroatoms. The summed E-state index contributed by atoms with van der Waals surface area (Å²) in [5.41, 5.74) is 6.29. The number of hydrogen-bond donors (Lipinski definition) is 3. The molecule has 0 aliphatic rings. The Kier molecular flexibility index (Phi) is 7.92. The Morgan fingerprint density at radius 1 is 1.10 bits per heavy atom. The van der Waals surface area contributed by atoms with Crippen molar-refractivity contribution >= 4 is 75.6 Å². The lowest BCUT2D eigenvalue weighted by molar-refractivity contribution is -0.126. The fraction of sp³-hybridized carbons (Fsp3) is 0.176. The molecule has 2 rings (SSSR count). The van der Waals surface area contributed by atoms with E-state index in [9.17, 15) is 14.4 Å².